The number of non-ortho nitro benzene ring substituents is 1. The first-order valence-corrected chi connectivity index (χ1v) is 15.0. The molecule has 1 aromatic carbocycles. The van der Waals surface area contributed by atoms with Gasteiger partial charge in [0.25, 0.3) is 5.69 Å². The topological polar surface area (TPSA) is 125 Å². The molecule has 0 heterocycles. The van der Waals surface area contributed by atoms with Crippen molar-refractivity contribution < 1.29 is 19.9 Å². The molecule has 4 aliphatic carbocycles. The van der Waals surface area contributed by atoms with E-state index in [-0.39, 0.29) is 34.6 Å². The molecule has 8 nitrogen and oxygen atoms in total. The molecular weight excluding hydrogens is 494 g/mol. The molecule has 0 bridgehead atoms. The van der Waals surface area contributed by atoms with Crippen LogP contribution in [0.1, 0.15) is 90.5 Å². The number of nitrogens with zero attached hydrogens (tertiary/aromatic N) is 2. The van der Waals surface area contributed by atoms with Gasteiger partial charge < -0.3 is 10.2 Å². The van der Waals surface area contributed by atoms with Gasteiger partial charge in [-0.25, -0.2) is 5.43 Å². The average molecular weight is 540 g/mol. The third-order valence-corrected chi connectivity index (χ3v) is 11.8. The molecule has 4 aliphatic rings. The summed E-state index contributed by atoms with van der Waals surface area (Å²) < 4.78 is 0. The molecule has 0 radical (unpaired) electrons. The SMILES string of the molecule is C[C@H](CCC(=O)N/N=C/c1ccc([N+](=O)[O-])cc1)[C@H]1CC[C@H]2[C@@H]3CC[C@@H]4C[C@H](O)CC[C@]4(C)[C@H]3C[C@H](O)[C@]12C. The highest BCUT2D eigenvalue weighted by molar-refractivity contribution is 5.82. The standard InChI is InChI=1S/C31H45N3O5/c1-19(4-13-29(37)33-32-18-20-5-8-22(9-6-20)34(38)39)25-11-12-26-24-10-7-21-16-23(35)14-15-30(21,2)27(24)17-28(36)31(25,26)3/h5-6,8-9,18-19,21,23-28,35-36H,4,7,10-17H2,1-3H3,(H,33,37)/b32-18+/t19-,21-,23-,24+,25-,26+,27+,28+,30+,31-/m1/s1. The molecule has 10 atom stereocenters. The van der Waals surface area contributed by atoms with E-state index in [0.29, 0.717) is 47.5 Å². The fraction of sp³-hybridized carbons (Fsp3) is 0.742. The summed E-state index contributed by atoms with van der Waals surface area (Å²) in [5.41, 5.74) is 3.41. The average Bonchev–Trinajstić information content (AvgIpc) is 3.27. The van der Waals surface area contributed by atoms with E-state index in [2.05, 4.69) is 31.3 Å². The van der Waals surface area contributed by atoms with Crippen molar-refractivity contribution >= 4 is 17.8 Å². The molecule has 4 saturated carbocycles. The molecule has 5 rings (SSSR count). The van der Waals surface area contributed by atoms with Crippen molar-refractivity contribution in [2.24, 2.45) is 51.4 Å². The van der Waals surface area contributed by atoms with E-state index in [1.807, 2.05) is 0 Å². The number of aliphatic hydroxyl groups excluding tert-OH is 2. The molecule has 39 heavy (non-hydrogen) atoms. The minimum atomic E-state index is -0.449. The van der Waals surface area contributed by atoms with Crippen molar-refractivity contribution in [3.63, 3.8) is 0 Å². The van der Waals surface area contributed by atoms with Crippen molar-refractivity contribution in [3.05, 3.63) is 39.9 Å². The van der Waals surface area contributed by atoms with Crippen molar-refractivity contribution in [1.82, 2.24) is 5.43 Å². The third kappa shape index (κ3) is 5.15. The van der Waals surface area contributed by atoms with Crippen LogP contribution in [0.2, 0.25) is 0 Å². The molecular formula is C31H45N3O5. The zero-order valence-corrected chi connectivity index (χ0v) is 23.6. The number of hydrogen-bond donors (Lipinski definition) is 3. The summed E-state index contributed by atoms with van der Waals surface area (Å²) in [6, 6.07) is 6.01. The fourth-order valence-electron chi connectivity index (χ4n) is 9.64. The maximum Gasteiger partial charge on any atom is 0.269 e. The summed E-state index contributed by atoms with van der Waals surface area (Å²) in [6.45, 7) is 7.03. The van der Waals surface area contributed by atoms with Crippen LogP contribution in [0.5, 0.6) is 0 Å². The van der Waals surface area contributed by atoms with Crippen LogP contribution in [0.3, 0.4) is 0 Å². The van der Waals surface area contributed by atoms with Crippen molar-refractivity contribution in [2.45, 2.75) is 97.2 Å². The number of hydrogen-bond acceptors (Lipinski definition) is 6. The molecule has 0 spiro atoms. The van der Waals surface area contributed by atoms with Gasteiger partial charge in [-0.05, 0) is 122 Å². The summed E-state index contributed by atoms with van der Waals surface area (Å²) in [4.78, 5) is 22.9. The molecule has 4 fully saturated rings. The highest BCUT2D eigenvalue weighted by atomic mass is 16.6. The number of carbonyl (C=O) groups is 1. The molecule has 3 N–H and O–H groups in total. The van der Waals surface area contributed by atoms with Crippen LogP contribution >= 0.6 is 0 Å². The van der Waals surface area contributed by atoms with Crippen LogP contribution in [-0.2, 0) is 4.79 Å². The smallest absolute Gasteiger partial charge is 0.269 e. The Balaban J connectivity index is 1.17. The number of carbonyl (C=O) groups excluding carboxylic acids is 1. The van der Waals surface area contributed by atoms with Gasteiger partial charge in [0.2, 0.25) is 5.91 Å². The first-order valence-electron chi connectivity index (χ1n) is 15.0. The predicted octanol–water partition coefficient (Wildman–Crippen LogP) is 5.45. The van der Waals surface area contributed by atoms with E-state index in [4.69, 9.17) is 0 Å². The van der Waals surface area contributed by atoms with Gasteiger partial charge in [0.05, 0.1) is 23.3 Å². The minimum Gasteiger partial charge on any atom is -0.393 e. The van der Waals surface area contributed by atoms with Gasteiger partial charge in [0.15, 0.2) is 0 Å². The predicted molar refractivity (Wildman–Crippen MR) is 150 cm³/mol. The quantitative estimate of drug-likeness (QED) is 0.241. The minimum absolute atomic E-state index is 0.0160. The largest absolute Gasteiger partial charge is 0.393 e. The number of hydrazone groups is 1. The van der Waals surface area contributed by atoms with Gasteiger partial charge in [-0.15, -0.1) is 0 Å². The summed E-state index contributed by atoms with van der Waals surface area (Å²) in [5.74, 6) is 2.89. The normalized spacial score (nSPS) is 40.4. The Hall–Kier alpha value is -2.32. The summed E-state index contributed by atoms with van der Waals surface area (Å²) in [7, 11) is 0. The lowest BCUT2D eigenvalue weighted by Gasteiger charge is -2.62. The van der Waals surface area contributed by atoms with E-state index < -0.39 is 4.92 Å². The zero-order chi connectivity index (χ0) is 27.9. The van der Waals surface area contributed by atoms with Crippen molar-refractivity contribution in [1.29, 1.82) is 0 Å². The van der Waals surface area contributed by atoms with Gasteiger partial charge >= 0.3 is 0 Å². The van der Waals surface area contributed by atoms with E-state index in [1.54, 1.807) is 12.1 Å². The van der Waals surface area contributed by atoms with E-state index >= 15 is 0 Å². The molecule has 0 aliphatic heterocycles. The van der Waals surface area contributed by atoms with Gasteiger partial charge in [-0.1, -0.05) is 20.8 Å². The molecule has 0 unspecified atom stereocenters. The monoisotopic (exact) mass is 539 g/mol. The summed E-state index contributed by atoms with van der Waals surface area (Å²) in [5, 5.41) is 36.8. The maximum absolute atomic E-state index is 12.5. The maximum atomic E-state index is 12.5. The Morgan fingerprint density at radius 1 is 1.13 bits per heavy atom. The van der Waals surface area contributed by atoms with Gasteiger partial charge in [0, 0.05) is 18.6 Å². The number of rotatable bonds is 7. The Labute approximate surface area is 231 Å². The Morgan fingerprint density at radius 2 is 1.87 bits per heavy atom. The Morgan fingerprint density at radius 3 is 2.59 bits per heavy atom. The lowest BCUT2D eigenvalue weighted by Crippen LogP contribution is -2.58. The number of nitrogens with one attached hydrogen (secondary N) is 1. The number of fused-ring (bicyclic) bond motifs is 5. The van der Waals surface area contributed by atoms with Crippen LogP contribution in [0.25, 0.3) is 0 Å². The molecule has 1 amide bonds. The second kappa shape index (κ2) is 10.9. The lowest BCUT2D eigenvalue weighted by molar-refractivity contribution is -0.384. The van der Waals surface area contributed by atoms with E-state index in [9.17, 15) is 25.1 Å². The van der Waals surface area contributed by atoms with E-state index in [1.165, 1.54) is 37.6 Å². The van der Waals surface area contributed by atoms with Crippen LogP contribution in [0.15, 0.2) is 29.4 Å². The molecule has 1 aromatic rings. The molecule has 0 aromatic heterocycles. The first-order chi connectivity index (χ1) is 18.5. The second-order valence-corrected chi connectivity index (χ2v) is 13.5. The van der Waals surface area contributed by atoms with Gasteiger partial charge in [-0.3, -0.25) is 14.9 Å². The zero-order valence-electron chi connectivity index (χ0n) is 23.6. The van der Waals surface area contributed by atoms with Gasteiger partial charge in [-0.2, -0.15) is 5.10 Å². The number of nitro benzene ring substituents is 1. The van der Waals surface area contributed by atoms with Crippen molar-refractivity contribution in [2.75, 3.05) is 0 Å². The molecule has 8 heteroatoms. The van der Waals surface area contributed by atoms with Crippen LogP contribution in [0.4, 0.5) is 5.69 Å². The Bertz CT molecular complexity index is 1090. The van der Waals surface area contributed by atoms with Crippen molar-refractivity contribution in [3.8, 4) is 0 Å². The Kier molecular flexibility index (Phi) is 7.90. The van der Waals surface area contributed by atoms with Crippen LogP contribution in [-0.4, -0.2) is 39.5 Å². The molecule has 214 valence electrons. The number of aliphatic hydroxyl groups is 2. The second-order valence-electron chi connectivity index (χ2n) is 13.5. The summed E-state index contributed by atoms with van der Waals surface area (Å²) in [6.07, 6.45) is 10.6. The number of benzene rings is 1. The van der Waals surface area contributed by atoms with Crippen LogP contribution in [0, 0.1) is 56.5 Å². The van der Waals surface area contributed by atoms with Crippen LogP contribution < -0.4 is 5.43 Å². The molecule has 0 saturated heterocycles. The highest BCUT2D eigenvalue weighted by Gasteiger charge is 2.63. The number of nitro groups is 1. The summed E-state index contributed by atoms with van der Waals surface area (Å²) >= 11 is 0. The lowest BCUT2D eigenvalue weighted by atomic mass is 9.43. The third-order valence-electron chi connectivity index (χ3n) is 11.8. The highest BCUT2D eigenvalue weighted by Crippen LogP contribution is 2.68. The fourth-order valence-corrected chi connectivity index (χ4v) is 9.64. The number of amides is 1. The van der Waals surface area contributed by atoms with Gasteiger partial charge in [0.1, 0.15) is 0 Å². The van der Waals surface area contributed by atoms with E-state index in [0.717, 1.165) is 38.5 Å². The first kappa shape index (κ1) is 28.2.